The van der Waals surface area contributed by atoms with Crippen LogP contribution in [0.5, 0.6) is 0 Å². The molecule has 2 aromatic rings. The number of rotatable bonds is 3. The zero-order valence-electron chi connectivity index (χ0n) is 13.9. The average molecular weight is 352 g/mol. The van der Waals surface area contributed by atoms with Crippen molar-refractivity contribution in [3.8, 4) is 0 Å². The van der Waals surface area contributed by atoms with Crippen molar-refractivity contribution in [3.05, 3.63) is 71.9 Å². The van der Waals surface area contributed by atoms with Gasteiger partial charge in [0.05, 0.1) is 0 Å². The molecule has 1 spiro atoms. The van der Waals surface area contributed by atoms with Crippen molar-refractivity contribution >= 4 is 21.2 Å². The summed E-state index contributed by atoms with van der Waals surface area (Å²) in [5.41, 5.74) is 4.55. The number of aromatic nitrogens is 1. The van der Waals surface area contributed by atoms with E-state index in [0.717, 1.165) is 24.0 Å². The molecule has 1 fully saturated rings. The lowest BCUT2D eigenvalue weighted by molar-refractivity contribution is 0.523. The van der Waals surface area contributed by atoms with E-state index < -0.39 is 10.0 Å². The Labute approximate surface area is 148 Å². The monoisotopic (exact) mass is 352 g/mol. The fraction of sp³-hybridized carbons (Fsp3) is 0.250. The third-order valence-electron chi connectivity index (χ3n) is 5.11. The molecule has 5 heteroatoms. The van der Waals surface area contributed by atoms with Gasteiger partial charge in [-0.05, 0) is 41.7 Å². The van der Waals surface area contributed by atoms with E-state index in [4.69, 9.17) is 5.14 Å². The highest BCUT2D eigenvalue weighted by Gasteiger charge is 2.36. The van der Waals surface area contributed by atoms with Crippen molar-refractivity contribution in [2.24, 2.45) is 10.6 Å². The Morgan fingerprint density at radius 2 is 1.52 bits per heavy atom. The van der Waals surface area contributed by atoms with Crippen LogP contribution in [0.25, 0.3) is 11.1 Å². The first-order valence-corrected chi connectivity index (χ1v) is 10.0. The second-order valence-electron chi connectivity index (χ2n) is 6.85. The smallest absolute Gasteiger partial charge is 0.243 e. The van der Waals surface area contributed by atoms with E-state index >= 15 is 0 Å². The number of nitrogens with zero attached hydrogens (tertiary/aromatic N) is 1. The lowest BCUT2D eigenvalue weighted by atomic mass is 9.88. The minimum Gasteiger partial charge on any atom is -0.243 e. The van der Waals surface area contributed by atoms with Crippen LogP contribution < -0.4 is 5.14 Å². The van der Waals surface area contributed by atoms with E-state index in [1.807, 2.05) is 18.2 Å². The van der Waals surface area contributed by atoms with E-state index in [1.54, 1.807) is 12.3 Å². The van der Waals surface area contributed by atoms with Crippen molar-refractivity contribution < 1.29 is 8.42 Å². The van der Waals surface area contributed by atoms with Crippen molar-refractivity contribution in [1.29, 1.82) is 0 Å². The molecule has 128 valence electrons. The van der Waals surface area contributed by atoms with Gasteiger partial charge in [0.2, 0.25) is 0 Å². The summed E-state index contributed by atoms with van der Waals surface area (Å²) >= 11 is 0. The third kappa shape index (κ3) is 3.05. The quantitative estimate of drug-likeness (QED) is 0.914. The zero-order chi connectivity index (χ0) is 17.5. The molecule has 0 aliphatic heterocycles. The third-order valence-corrected chi connectivity index (χ3v) is 5.94. The molecule has 1 heterocycles. The minimum absolute atomic E-state index is 0.101. The van der Waals surface area contributed by atoms with Gasteiger partial charge >= 0.3 is 0 Å². The SMILES string of the molecule is NS(=O)(=O)c1ccc(C2=CC3(C=C2c2ccccc2)CCCC3)cn1. The number of hydrogen-bond donors (Lipinski definition) is 1. The minimum atomic E-state index is -3.78. The normalized spacial score (nSPS) is 19.1. The zero-order valence-corrected chi connectivity index (χ0v) is 14.7. The first kappa shape index (κ1) is 16.2. The average Bonchev–Trinajstić information content (AvgIpc) is 3.23. The van der Waals surface area contributed by atoms with E-state index in [-0.39, 0.29) is 10.4 Å². The van der Waals surface area contributed by atoms with E-state index in [2.05, 4.69) is 29.3 Å². The molecular formula is C20H20N2O2S. The molecule has 25 heavy (non-hydrogen) atoms. The van der Waals surface area contributed by atoms with E-state index in [0.29, 0.717) is 0 Å². The molecule has 0 radical (unpaired) electrons. The molecule has 4 nitrogen and oxygen atoms in total. The van der Waals surface area contributed by atoms with Gasteiger partial charge in [-0.15, -0.1) is 0 Å². The fourth-order valence-corrected chi connectivity index (χ4v) is 4.35. The number of pyridine rings is 1. The van der Waals surface area contributed by atoms with Crippen LogP contribution in [0, 0.1) is 5.41 Å². The summed E-state index contributed by atoms with van der Waals surface area (Å²) in [6.45, 7) is 0. The maximum atomic E-state index is 11.4. The van der Waals surface area contributed by atoms with Crippen molar-refractivity contribution in [1.82, 2.24) is 4.98 Å². The topological polar surface area (TPSA) is 73.1 Å². The van der Waals surface area contributed by atoms with Gasteiger partial charge in [-0.25, -0.2) is 18.5 Å². The molecule has 0 saturated heterocycles. The lowest BCUT2D eigenvalue weighted by Gasteiger charge is -2.16. The highest BCUT2D eigenvalue weighted by Crippen LogP contribution is 2.51. The molecule has 2 aliphatic carbocycles. The van der Waals surface area contributed by atoms with Crippen LogP contribution in [0.3, 0.4) is 0 Å². The second-order valence-corrected chi connectivity index (χ2v) is 8.36. The van der Waals surface area contributed by atoms with E-state index in [9.17, 15) is 8.42 Å². The largest absolute Gasteiger partial charge is 0.255 e. The Hall–Kier alpha value is -2.24. The Balaban J connectivity index is 1.80. The molecule has 1 aromatic carbocycles. The molecule has 0 bridgehead atoms. The van der Waals surface area contributed by atoms with E-state index in [1.165, 1.54) is 30.0 Å². The molecule has 4 rings (SSSR count). The second kappa shape index (κ2) is 5.93. The summed E-state index contributed by atoms with van der Waals surface area (Å²) in [7, 11) is -3.78. The molecule has 0 amide bonds. The number of benzene rings is 1. The molecule has 0 unspecified atom stereocenters. The predicted molar refractivity (Wildman–Crippen MR) is 98.9 cm³/mol. The van der Waals surface area contributed by atoms with Gasteiger partial charge in [0, 0.05) is 17.2 Å². The van der Waals surface area contributed by atoms with Gasteiger partial charge < -0.3 is 0 Å². The lowest BCUT2D eigenvalue weighted by Crippen LogP contribution is -2.13. The fourth-order valence-electron chi connectivity index (χ4n) is 3.90. The Morgan fingerprint density at radius 1 is 0.880 bits per heavy atom. The molecule has 0 atom stereocenters. The number of sulfonamides is 1. The predicted octanol–water partition coefficient (Wildman–Crippen LogP) is 3.77. The van der Waals surface area contributed by atoms with Gasteiger partial charge in [0.25, 0.3) is 10.0 Å². The van der Waals surface area contributed by atoms with Crippen LogP contribution in [0.1, 0.15) is 36.8 Å². The summed E-state index contributed by atoms with van der Waals surface area (Å²) < 4.78 is 22.9. The van der Waals surface area contributed by atoms with Crippen LogP contribution >= 0.6 is 0 Å². The van der Waals surface area contributed by atoms with Crippen LogP contribution in [0.2, 0.25) is 0 Å². The van der Waals surface area contributed by atoms with Crippen LogP contribution in [0.15, 0.2) is 65.8 Å². The Bertz CT molecular complexity index is 953. The molecule has 2 aliphatic rings. The van der Waals surface area contributed by atoms with Crippen molar-refractivity contribution in [2.75, 3.05) is 0 Å². The maximum absolute atomic E-state index is 11.4. The van der Waals surface area contributed by atoms with Crippen LogP contribution in [-0.2, 0) is 10.0 Å². The maximum Gasteiger partial charge on any atom is 0.255 e. The van der Waals surface area contributed by atoms with Gasteiger partial charge in [0.1, 0.15) is 0 Å². The van der Waals surface area contributed by atoms with Crippen LogP contribution in [-0.4, -0.2) is 13.4 Å². The highest BCUT2D eigenvalue weighted by atomic mass is 32.2. The van der Waals surface area contributed by atoms with Gasteiger partial charge in [-0.1, -0.05) is 55.3 Å². The van der Waals surface area contributed by atoms with Crippen molar-refractivity contribution in [2.45, 2.75) is 30.7 Å². The number of primary sulfonamides is 1. The Morgan fingerprint density at radius 3 is 2.08 bits per heavy atom. The van der Waals surface area contributed by atoms with Gasteiger partial charge in [-0.3, -0.25) is 0 Å². The molecule has 1 saturated carbocycles. The Kier molecular flexibility index (Phi) is 3.85. The van der Waals surface area contributed by atoms with Crippen LogP contribution in [0.4, 0.5) is 0 Å². The molecule has 1 aromatic heterocycles. The summed E-state index contributed by atoms with van der Waals surface area (Å²) in [6.07, 6.45) is 11.1. The summed E-state index contributed by atoms with van der Waals surface area (Å²) in [4.78, 5) is 4.06. The standard InChI is InChI=1S/C20H20N2O2S/c21-25(23,24)19-9-8-16(14-22-19)18-13-20(10-4-5-11-20)12-17(18)15-6-2-1-3-7-15/h1-3,6-9,12-14H,4-5,10-11H2,(H2,21,23,24). The number of hydrogen-bond acceptors (Lipinski definition) is 3. The van der Waals surface area contributed by atoms with Gasteiger partial charge in [0.15, 0.2) is 5.03 Å². The number of nitrogens with two attached hydrogens (primary N) is 1. The van der Waals surface area contributed by atoms with Gasteiger partial charge in [-0.2, -0.15) is 0 Å². The summed E-state index contributed by atoms with van der Waals surface area (Å²) in [6, 6.07) is 13.6. The summed E-state index contributed by atoms with van der Waals surface area (Å²) in [5.74, 6) is 0. The molecular weight excluding hydrogens is 332 g/mol. The first-order valence-electron chi connectivity index (χ1n) is 8.48. The highest BCUT2D eigenvalue weighted by molar-refractivity contribution is 7.89. The van der Waals surface area contributed by atoms with Crippen molar-refractivity contribution in [3.63, 3.8) is 0 Å². The number of allylic oxidation sites excluding steroid dienone is 4. The summed E-state index contributed by atoms with van der Waals surface area (Å²) in [5, 5.41) is 5.06. The first-order chi connectivity index (χ1) is 12.0. The molecule has 2 N–H and O–H groups in total.